The molecular weight excluding hydrogens is 306 g/mol. The summed E-state index contributed by atoms with van der Waals surface area (Å²) < 4.78 is 1.77. The van der Waals surface area contributed by atoms with Crippen LogP contribution < -0.4 is 10.6 Å². The van der Waals surface area contributed by atoms with Crippen molar-refractivity contribution in [2.45, 2.75) is 19.5 Å². The van der Waals surface area contributed by atoms with Crippen molar-refractivity contribution in [3.63, 3.8) is 0 Å². The quantitative estimate of drug-likeness (QED) is 0.663. The second kappa shape index (κ2) is 6.25. The lowest BCUT2D eigenvalue weighted by atomic mass is 10.1. The minimum absolute atomic E-state index is 0.223. The van der Waals surface area contributed by atoms with Gasteiger partial charge in [0.05, 0.1) is 18.4 Å². The van der Waals surface area contributed by atoms with E-state index in [1.807, 2.05) is 12.1 Å². The molecule has 4 rings (SSSR count). The lowest BCUT2D eigenvalue weighted by Gasteiger charge is -2.12. The molecule has 0 fully saturated rings. The maximum Gasteiger partial charge on any atom is 0.276 e. The Hall–Kier alpha value is -3.00. The van der Waals surface area contributed by atoms with E-state index in [9.17, 15) is 4.79 Å². The van der Waals surface area contributed by atoms with Crippen molar-refractivity contribution in [1.29, 1.82) is 0 Å². The molecule has 0 aliphatic carbocycles. The van der Waals surface area contributed by atoms with Gasteiger partial charge in [0.25, 0.3) is 5.91 Å². The van der Waals surface area contributed by atoms with Crippen molar-refractivity contribution < 1.29 is 4.79 Å². The lowest BCUT2D eigenvalue weighted by Crippen LogP contribution is -2.25. The first-order chi connectivity index (χ1) is 11.8. The van der Waals surface area contributed by atoms with Gasteiger partial charge >= 0.3 is 0 Å². The Kier molecular flexibility index (Phi) is 3.80. The molecule has 24 heavy (non-hydrogen) atoms. The second-order valence-corrected chi connectivity index (χ2v) is 5.69. The summed E-state index contributed by atoms with van der Waals surface area (Å²) in [5.74, 6) is -0.223. The molecule has 3 aromatic heterocycles. The van der Waals surface area contributed by atoms with Gasteiger partial charge in [-0.3, -0.25) is 19.6 Å². The molecule has 0 unspecified atom stereocenters. The molecule has 0 atom stereocenters. The molecule has 3 aromatic rings. The number of nitrogens with one attached hydrogen (secondary N) is 3. The molecule has 0 saturated heterocycles. The number of fused-ring (bicyclic) bond motifs is 1. The molecule has 1 amide bonds. The van der Waals surface area contributed by atoms with Gasteiger partial charge in [-0.25, -0.2) is 0 Å². The van der Waals surface area contributed by atoms with Gasteiger partial charge in [-0.15, -0.1) is 0 Å². The Labute approximate surface area is 138 Å². The van der Waals surface area contributed by atoms with E-state index in [0.717, 1.165) is 29.8 Å². The third kappa shape index (κ3) is 2.91. The van der Waals surface area contributed by atoms with Gasteiger partial charge in [0.15, 0.2) is 5.69 Å². The van der Waals surface area contributed by atoms with Crippen LogP contribution in [-0.2, 0) is 19.5 Å². The fourth-order valence-corrected chi connectivity index (χ4v) is 2.79. The standard InChI is InChI=1S/C16H17N7O/c24-16(15-13-8-18-6-3-14(13)21-22-15)20-12-7-19-23(10-12)9-11-1-4-17-5-2-11/h1-2,4-5,7,10,18H,3,6,8-9H2,(H,20,24)(H,21,22). The highest BCUT2D eigenvalue weighted by Gasteiger charge is 2.21. The highest BCUT2D eigenvalue weighted by molar-refractivity contribution is 6.03. The predicted molar refractivity (Wildman–Crippen MR) is 87.5 cm³/mol. The molecule has 122 valence electrons. The Morgan fingerprint density at radius 1 is 1.33 bits per heavy atom. The van der Waals surface area contributed by atoms with Gasteiger partial charge in [-0.05, 0) is 17.7 Å². The van der Waals surface area contributed by atoms with Gasteiger partial charge in [0.2, 0.25) is 0 Å². The Morgan fingerprint density at radius 3 is 3.08 bits per heavy atom. The summed E-state index contributed by atoms with van der Waals surface area (Å²) in [7, 11) is 0. The number of aromatic nitrogens is 5. The van der Waals surface area contributed by atoms with Crippen LogP contribution in [0.25, 0.3) is 0 Å². The zero-order valence-electron chi connectivity index (χ0n) is 13.0. The number of carbonyl (C=O) groups is 1. The zero-order chi connectivity index (χ0) is 16.4. The average molecular weight is 323 g/mol. The Balaban J connectivity index is 1.46. The lowest BCUT2D eigenvalue weighted by molar-refractivity contribution is 0.102. The Morgan fingerprint density at radius 2 is 2.21 bits per heavy atom. The fraction of sp³-hybridized carbons (Fsp3) is 0.250. The molecular formula is C16H17N7O. The summed E-state index contributed by atoms with van der Waals surface area (Å²) in [5, 5.41) is 17.5. The third-order valence-electron chi connectivity index (χ3n) is 4.01. The number of aromatic amines is 1. The molecule has 8 nitrogen and oxygen atoms in total. The molecule has 3 N–H and O–H groups in total. The van der Waals surface area contributed by atoms with Crippen LogP contribution in [0.2, 0.25) is 0 Å². The summed E-state index contributed by atoms with van der Waals surface area (Å²) in [6.45, 7) is 2.19. The van der Waals surface area contributed by atoms with Crippen LogP contribution in [0.4, 0.5) is 5.69 Å². The van der Waals surface area contributed by atoms with Crippen molar-refractivity contribution in [2.75, 3.05) is 11.9 Å². The molecule has 0 aromatic carbocycles. The maximum atomic E-state index is 12.4. The molecule has 4 heterocycles. The minimum Gasteiger partial charge on any atom is -0.318 e. The highest BCUT2D eigenvalue weighted by atomic mass is 16.2. The van der Waals surface area contributed by atoms with Gasteiger partial charge in [-0.1, -0.05) is 0 Å². The van der Waals surface area contributed by atoms with Crippen LogP contribution in [0.3, 0.4) is 0 Å². The number of hydrogen-bond donors (Lipinski definition) is 3. The smallest absolute Gasteiger partial charge is 0.276 e. The van der Waals surface area contributed by atoms with Crippen LogP contribution in [0.5, 0.6) is 0 Å². The first kappa shape index (κ1) is 14.6. The van der Waals surface area contributed by atoms with Crippen LogP contribution in [0, 0.1) is 0 Å². The van der Waals surface area contributed by atoms with Crippen molar-refractivity contribution in [2.24, 2.45) is 0 Å². The number of carbonyl (C=O) groups excluding carboxylic acids is 1. The fourth-order valence-electron chi connectivity index (χ4n) is 2.79. The topological polar surface area (TPSA) is 101 Å². The van der Waals surface area contributed by atoms with Crippen LogP contribution in [-0.4, -0.2) is 37.4 Å². The summed E-state index contributed by atoms with van der Waals surface area (Å²) in [6.07, 6.45) is 7.79. The van der Waals surface area contributed by atoms with E-state index in [-0.39, 0.29) is 5.91 Å². The van der Waals surface area contributed by atoms with Gasteiger partial charge in [0, 0.05) is 49.4 Å². The van der Waals surface area contributed by atoms with E-state index in [0.29, 0.717) is 24.5 Å². The first-order valence-corrected chi connectivity index (χ1v) is 7.79. The van der Waals surface area contributed by atoms with Crippen molar-refractivity contribution in [3.05, 3.63) is 59.4 Å². The Bertz CT molecular complexity index is 852. The van der Waals surface area contributed by atoms with Crippen molar-refractivity contribution in [1.82, 2.24) is 30.3 Å². The van der Waals surface area contributed by atoms with Crippen molar-refractivity contribution in [3.8, 4) is 0 Å². The number of H-pyrrole nitrogens is 1. The van der Waals surface area contributed by atoms with E-state index >= 15 is 0 Å². The van der Waals surface area contributed by atoms with E-state index in [2.05, 4.69) is 30.9 Å². The largest absolute Gasteiger partial charge is 0.318 e. The monoisotopic (exact) mass is 323 g/mol. The van der Waals surface area contributed by atoms with Crippen LogP contribution in [0.15, 0.2) is 36.9 Å². The van der Waals surface area contributed by atoms with E-state index in [1.54, 1.807) is 29.5 Å². The molecule has 0 saturated carbocycles. The minimum atomic E-state index is -0.223. The summed E-state index contributed by atoms with van der Waals surface area (Å²) >= 11 is 0. The summed E-state index contributed by atoms with van der Waals surface area (Å²) in [6, 6.07) is 3.87. The highest BCUT2D eigenvalue weighted by Crippen LogP contribution is 2.17. The summed E-state index contributed by atoms with van der Waals surface area (Å²) in [4.78, 5) is 16.4. The molecule has 1 aliphatic heterocycles. The van der Waals surface area contributed by atoms with Crippen molar-refractivity contribution >= 4 is 11.6 Å². The molecule has 8 heteroatoms. The predicted octanol–water partition coefficient (Wildman–Crippen LogP) is 0.947. The first-order valence-electron chi connectivity index (χ1n) is 7.79. The molecule has 0 radical (unpaired) electrons. The number of anilines is 1. The number of nitrogens with zero attached hydrogens (tertiary/aromatic N) is 4. The van der Waals surface area contributed by atoms with E-state index < -0.39 is 0 Å². The number of hydrogen-bond acceptors (Lipinski definition) is 5. The second-order valence-electron chi connectivity index (χ2n) is 5.69. The normalized spacial score (nSPS) is 13.5. The SMILES string of the molecule is O=C(Nc1cnn(Cc2ccncc2)c1)c1n[nH]c2c1CNCC2. The third-order valence-corrected chi connectivity index (χ3v) is 4.01. The van der Waals surface area contributed by atoms with E-state index in [1.165, 1.54) is 0 Å². The van der Waals surface area contributed by atoms with Gasteiger partial charge in [0.1, 0.15) is 0 Å². The number of pyridine rings is 1. The zero-order valence-corrected chi connectivity index (χ0v) is 13.0. The van der Waals surface area contributed by atoms with E-state index in [4.69, 9.17) is 0 Å². The van der Waals surface area contributed by atoms with Gasteiger partial charge in [-0.2, -0.15) is 10.2 Å². The maximum absolute atomic E-state index is 12.4. The van der Waals surface area contributed by atoms with Gasteiger partial charge < -0.3 is 10.6 Å². The number of amides is 1. The summed E-state index contributed by atoms with van der Waals surface area (Å²) in [5.41, 5.74) is 4.17. The molecule has 0 spiro atoms. The molecule has 1 aliphatic rings. The average Bonchev–Trinajstić information content (AvgIpc) is 3.22. The van der Waals surface area contributed by atoms with Crippen LogP contribution in [0.1, 0.15) is 27.3 Å². The number of rotatable bonds is 4. The van der Waals surface area contributed by atoms with Crippen LogP contribution >= 0.6 is 0 Å². The molecule has 0 bridgehead atoms.